The quantitative estimate of drug-likeness (QED) is 0.666. The van der Waals surface area contributed by atoms with Gasteiger partial charge in [0.2, 0.25) is 0 Å². The van der Waals surface area contributed by atoms with E-state index in [1.165, 1.54) is 4.90 Å². The molecular weight excluding hydrogens is 368 g/mol. The van der Waals surface area contributed by atoms with E-state index in [2.05, 4.69) is 4.98 Å². The van der Waals surface area contributed by atoms with Gasteiger partial charge in [-0.05, 0) is 31.0 Å². The van der Waals surface area contributed by atoms with Crippen LogP contribution in [0.5, 0.6) is 0 Å². The average molecular weight is 394 g/mol. The fraction of sp³-hybridized carbons (Fsp3) is 0.318. The number of aliphatic hydroxyl groups excluding tert-OH is 1. The van der Waals surface area contributed by atoms with Gasteiger partial charge in [-0.2, -0.15) is 0 Å². The van der Waals surface area contributed by atoms with Crippen molar-refractivity contribution in [2.75, 3.05) is 13.2 Å². The number of carbonyl (C=O) groups is 1. The number of aliphatic hydroxyl groups is 1. The molecule has 0 bridgehead atoms. The predicted octanol–water partition coefficient (Wildman–Crippen LogP) is 2.13. The van der Waals surface area contributed by atoms with Gasteiger partial charge in [-0.15, -0.1) is 0 Å². The zero-order chi connectivity index (χ0) is 21.0. The Morgan fingerprint density at radius 3 is 2.55 bits per heavy atom. The number of imidazole rings is 1. The molecule has 0 radical (unpaired) electrons. The second-order valence-electron chi connectivity index (χ2n) is 7.08. The van der Waals surface area contributed by atoms with Gasteiger partial charge >= 0.3 is 0 Å². The lowest BCUT2D eigenvalue weighted by Crippen LogP contribution is -2.39. The highest BCUT2D eigenvalue weighted by atomic mass is 16.3. The van der Waals surface area contributed by atoms with Crippen molar-refractivity contribution in [2.45, 2.75) is 26.4 Å². The zero-order valence-electron chi connectivity index (χ0n) is 16.9. The molecule has 7 nitrogen and oxygen atoms in total. The Labute approximate surface area is 169 Å². The monoisotopic (exact) mass is 394 g/mol. The number of hydrogen-bond donors (Lipinski definition) is 1. The molecular formula is C22H26N4O3. The zero-order valence-corrected chi connectivity index (χ0v) is 16.9. The molecule has 0 saturated heterocycles. The first-order valence-corrected chi connectivity index (χ1v) is 9.57. The first-order chi connectivity index (χ1) is 13.9. The summed E-state index contributed by atoms with van der Waals surface area (Å²) >= 11 is 0. The summed E-state index contributed by atoms with van der Waals surface area (Å²) in [7, 11) is 1.84. The summed E-state index contributed by atoms with van der Waals surface area (Å²) in [6.45, 7) is 3.82. The molecule has 0 aliphatic carbocycles. The van der Waals surface area contributed by atoms with E-state index < -0.39 is 5.91 Å². The third-order valence-corrected chi connectivity index (χ3v) is 5.15. The van der Waals surface area contributed by atoms with Crippen molar-refractivity contribution in [1.29, 1.82) is 0 Å². The van der Waals surface area contributed by atoms with Crippen LogP contribution in [-0.4, -0.2) is 43.2 Å². The van der Waals surface area contributed by atoms with E-state index in [0.29, 0.717) is 11.4 Å². The smallest absolute Gasteiger partial charge is 0.264 e. The number of pyridine rings is 1. The van der Waals surface area contributed by atoms with E-state index >= 15 is 0 Å². The largest absolute Gasteiger partial charge is 0.395 e. The number of hydrogen-bond acceptors (Lipinski definition) is 4. The number of amides is 1. The minimum atomic E-state index is -0.404. The van der Waals surface area contributed by atoms with E-state index in [1.54, 1.807) is 36.1 Å². The Balaban J connectivity index is 1.99. The summed E-state index contributed by atoms with van der Waals surface area (Å²) in [6.07, 6.45) is 5.17. The second kappa shape index (κ2) is 8.87. The van der Waals surface area contributed by atoms with Gasteiger partial charge < -0.3 is 19.1 Å². The standard InChI is InChI=1S/C22H26N4O3/c1-16-9-11-26(17(2)18-7-5-4-6-8-18)22(29)20(16)21(28)25(13-14-27)15-19-23-10-12-24(19)3/h4-12,17,27H,13-15H2,1-3H3. The normalized spacial score (nSPS) is 12.0. The molecule has 29 heavy (non-hydrogen) atoms. The fourth-order valence-electron chi connectivity index (χ4n) is 3.35. The number of aryl methyl sites for hydroxylation is 2. The molecule has 3 rings (SSSR count). The highest BCUT2D eigenvalue weighted by Crippen LogP contribution is 2.17. The summed E-state index contributed by atoms with van der Waals surface area (Å²) in [4.78, 5) is 32.3. The molecule has 0 spiro atoms. The SMILES string of the molecule is Cc1ccn(C(C)c2ccccc2)c(=O)c1C(=O)N(CCO)Cc1nccn1C. The van der Waals surface area contributed by atoms with Crippen LogP contribution in [0.3, 0.4) is 0 Å². The summed E-state index contributed by atoms with van der Waals surface area (Å²) in [5.41, 5.74) is 1.38. The molecule has 0 fully saturated rings. The third-order valence-electron chi connectivity index (χ3n) is 5.15. The maximum atomic E-state index is 13.3. The number of carbonyl (C=O) groups excluding carboxylic acids is 1. The van der Waals surface area contributed by atoms with Crippen molar-refractivity contribution in [2.24, 2.45) is 7.05 Å². The van der Waals surface area contributed by atoms with Crippen LogP contribution in [-0.2, 0) is 13.6 Å². The molecule has 2 heterocycles. The summed E-state index contributed by atoms with van der Waals surface area (Å²) in [5, 5.41) is 9.46. The van der Waals surface area contributed by atoms with Crippen molar-refractivity contribution in [3.63, 3.8) is 0 Å². The van der Waals surface area contributed by atoms with E-state index in [-0.39, 0.29) is 36.9 Å². The Kier molecular flexibility index (Phi) is 6.29. The Morgan fingerprint density at radius 1 is 1.21 bits per heavy atom. The second-order valence-corrected chi connectivity index (χ2v) is 7.08. The van der Waals surface area contributed by atoms with E-state index in [1.807, 2.05) is 48.9 Å². The van der Waals surface area contributed by atoms with Gasteiger partial charge in [0.25, 0.3) is 11.5 Å². The third kappa shape index (κ3) is 4.30. The first-order valence-electron chi connectivity index (χ1n) is 9.57. The van der Waals surface area contributed by atoms with Crippen LogP contribution in [0.2, 0.25) is 0 Å². The molecule has 3 aromatic rings. The van der Waals surface area contributed by atoms with Gasteiger partial charge in [0, 0.05) is 32.2 Å². The number of aromatic nitrogens is 3. The van der Waals surface area contributed by atoms with Gasteiger partial charge in [-0.1, -0.05) is 30.3 Å². The van der Waals surface area contributed by atoms with Crippen LogP contribution < -0.4 is 5.56 Å². The fourth-order valence-corrected chi connectivity index (χ4v) is 3.35. The topological polar surface area (TPSA) is 80.4 Å². The first kappa shape index (κ1) is 20.5. The maximum absolute atomic E-state index is 13.3. The van der Waals surface area contributed by atoms with E-state index in [9.17, 15) is 14.7 Å². The number of nitrogens with zero attached hydrogens (tertiary/aromatic N) is 4. The summed E-state index contributed by atoms with van der Waals surface area (Å²) in [5.74, 6) is 0.275. The summed E-state index contributed by atoms with van der Waals surface area (Å²) in [6, 6.07) is 11.3. The Bertz CT molecular complexity index is 1040. The minimum Gasteiger partial charge on any atom is -0.395 e. The van der Waals surface area contributed by atoms with Crippen LogP contribution in [0.4, 0.5) is 0 Å². The average Bonchev–Trinajstić information content (AvgIpc) is 3.12. The molecule has 2 aromatic heterocycles. The van der Waals surface area contributed by atoms with Crippen molar-refractivity contribution in [1.82, 2.24) is 19.0 Å². The number of benzene rings is 1. The Morgan fingerprint density at radius 2 is 1.93 bits per heavy atom. The van der Waals surface area contributed by atoms with Crippen LogP contribution in [0.15, 0.2) is 59.8 Å². The molecule has 1 unspecified atom stereocenters. The molecule has 1 amide bonds. The van der Waals surface area contributed by atoms with E-state index in [4.69, 9.17) is 0 Å². The lowest BCUT2D eigenvalue weighted by Gasteiger charge is -2.23. The lowest BCUT2D eigenvalue weighted by atomic mass is 10.1. The van der Waals surface area contributed by atoms with Crippen molar-refractivity contribution in [3.8, 4) is 0 Å². The number of rotatable bonds is 7. The van der Waals surface area contributed by atoms with Crippen LogP contribution in [0.1, 0.15) is 40.3 Å². The van der Waals surface area contributed by atoms with Gasteiger partial charge in [0.15, 0.2) is 0 Å². The minimum absolute atomic E-state index is 0.119. The molecule has 1 N–H and O–H groups in total. The highest BCUT2D eigenvalue weighted by Gasteiger charge is 2.24. The predicted molar refractivity (Wildman–Crippen MR) is 111 cm³/mol. The van der Waals surface area contributed by atoms with Crippen LogP contribution in [0, 0.1) is 6.92 Å². The van der Waals surface area contributed by atoms with Gasteiger partial charge in [0.05, 0.1) is 19.2 Å². The van der Waals surface area contributed by atoms with Crippen molar-refractivity contribution in [3.05, 3.63) is 87.9 Å². The lowest BCUT2D eigenvalue weighted by molar-refractivity contribution is 0.0698. The van der Waals surface area contributed by atoms with Gasteiger partial charge in [-0.3, -0.25) is 9.59 Å². The maximum Gasteiger partial charge on any atom is 0.264 e. The van der Waals surface area contributed by atoms with Gasteiger partial charge in [0.1, 0.15) is 11.4 Å². The summed E-state index contributed by atoms with van der Waals surface area (Å²) < 4.78 is 3.39. The molecule has 0 aliphatic heterocycles. The molecule has 152 valence electrons. The molecule has 0 saturated carbocycles. The Hall–Kier alpha value is -3.19. The van der Waals surface area contributed by atoms with Gasteiger partial charge in [-0.25, -0.2) is 4.98 Å². The highest BCUT2D eigenvalue weighted by molar-refractivity contribution is 5.95. The molecule has 7 heteroatoms. The molecule has 1 aromatic carbocycles. The van der Waals surface area contributed by atoms with Crippen LogP contribution >= 0.6 is 0 Å². The van der Waals surface area contributed by atoms with Crippen LogP contribution in [0.25, 0.3) is 0 Å². The van der Waals surface area contributed by atoms with Crippen molar-refractivity contribution < 1.29 is 9.90 Å². The molecule has 0 aliphatic rings. The van der Waals surface area contributed by atoms with Crippen molar-refractivity contribution >= 4 is 5.91 Å². The van der Waals surface area contributed by atoms with E-state index in [0.717, 1.165) is 5.56 Å². The molecule has 1 atom stereocenters.